The van der Waals surface area contributed by atoms with Crippen molar-refractivity contribution in [3.05, 3.63) is 60.0 Å². The molecule has 6 nitrogen and oxygen atoms in total. The molecule has 1 saturated heterocycles. The summed E-state index contributed by atoms with van der Waals surface area (Å²) in [5.74, 6) is 1.97. The van der Waals surface area contributed by atoms with Gasteiger partial charge in [0.05, 0.1) is 18.8 Å². The zero-order valence-electron chi connectivity index (χ0n) is 16.8. The molecular formula is C23H27N3O3. The lowest BCUT2D eigenvalue weighted by molar-refractivity contribution is -0.133. The maximum absolute atomic E-state index is 12.5. The molecule has 0 aliphatic carbocycles. The summed E-state index contributed by atoms with van der Waals surface area (Å²) >= 11 is 0. The van der Waals surface area contributed by atoms with Gasteiger partial charge in [-0.05, 0) is 24.8 Å². The summed E-state index contributed by atoms with van der Waals surface area (Å²) < 4.78 is 11.2. The molecule has 2 heterocycles. The molecule has 6 heteroatoms. The number of rotatable bonds is 7. The minimum atomic E-state index is 0.210. The Labute approximate surface area is 171 Å². The number of hydrogen-bond donors (Lipinski definition) is 0. The Bertz CT molecular complexity index is 955. The Balaban J connectivity index is 1.18. The molecule has 2 aromatic carbocycles. The molecule has 1 aliphatic rings. The second-order valence-electron chi connectivity index (χ2n) is 7.52. The average Bonchev–Trinajstić information content (AvgIpc) is 3.16. The molecule has 3 aromatic rings. The highest BCUT2D eigenvalue weighted by Crippen LogP contribution is 2.25. The predicted octanol–water partition coefficient (Wildman–Crippen LogP) is 3.64. The Morgan fingerprint density at radius 1 is 1.10 bits per heavy atom. The van der Waals surface area contributed by atoms with Gasteiger partial charge in [0, 0.05) is 44.1 Å². The highest BCUT2D eigenvalue weighted by molar-refractivity contribution is 5.88. The van der Waals surface area contributed by atoms with E-state index in [4.69, 9.17) is 9.26 Å². The van der Waals surface area contributed by atoms with Crippen molar-refractivity contribution in [1.29, 1.82) is 0 Å². The Hall–Kier alpha value is -2.86. The summed E-state index contributed by atoms with van der Waals surface area (Å²) in [6.07, 6.45) is 1.24. The fourth-order valence-corrected chi connectivity index (χ4v) is 3.75. The first kappa shape index (κ1) is 19.5. The number of hydrogen-bond acceptors (Lipinski definition) is 5. The van der Waals surface area contributed by atoms with Gasteiger partial charge in [0.25, 0.3) is 0 Å². The third-order valence-corrected chi connectivity index (χ3v) is 5.32. The van der Waals surface area contributed by atoms with Gasteiger partial charge in [-0.25, -0.2) is 0 Å². The van der Waals surface area contributed by atoms with E-state index in [1.165, 1.54) is 5.39 Å². The van der Waals surface area contributed by atoms with E-state index in [2.05, 4.69) is 28.3 Å². The third kappa shape index (κ3) is 4.95. The van der Waals surface area contributed by atoms with Crippen LogP contribution in [0.5, 0.6) is 5.75 Å². The van der Waals surface area contributed by atoms with E-state index in [-0.39, 0.29) is 5.91 Å². The number of amides is 1. The topological polar surface area (TPSA) is 58.8 Å². The molecule has 0 spiro atoms. The van der Waals surface area contributed by atoms with Crippen LogP contribution < -0.4 is 4.74 Å². The average molecular weight is 393 g/mol. The van der Waals surface area contributed by atoms with Crippen molar-refractivity contribution < 1.29 is 14.1 Å². The second-order valence-corrected chi connectivity index (χ2v) is 7.52. The molecule has 29 heavy (non-hydrogen) atoms. The van der Waals surface area contributed by atoms with Crippen LogP contribution in [0.4, 0.5) is 0 Å². The molecule has 1 aliphatic heterocycles. The maximum atomic E-state index is 12.5. The summed E-state index contributed by atoms with van der Waals surface area (Å²) in [4.78, 5) is 16.8. The van der Waals surface area contributed by atoms with Crippen molar-refractivity contribution >= 4 is 16.7 Å². The van der Waals surface area contributed by atoms with Crippen LogP contribution in [0.1, 0.15) is 24.3 Å². The van der Waals surface area contributed by atoms with Gasteiger partial charge in [-0.2, -0.15) is 0 Å². The van der Waals surface area contributed by atoms with E-state index in [1.807, 2.05) is 42.2 Å². The lowest BCUT2D eigenvalue weighted by Gasteiger charge is -2.34. The zero-order chi connectivity index (χ0) is 20.1. The normalized spacial score (nSPS) is 15.0. The number of fused-ring (bicyclic) bond motifs is 1. The molecule has 0 radical (unpaired) electrons. The molecule has 4 rings (SSSR count). The van der Waals surface area contributed by atoms with Crippen molar-refractivity contribution in [2.24, 2.45) is 0 Å². The van der Waals surface area contributed by atoms with E-state index in [0.29, 0.717) is 13.0 Å². The number of carbonyl (C=O) groups excluding carboxylic acids is 1. The number of aromatic nitrogens is 1. The van der Waals surface area contributed by atoms with Crippen molar-refractivity contribution in [2.75, 3.05) is 32.8 Å². The minimum Gasteiger partial charge on any atom is -0.493 e. The van der Waals surface area contributed by atoms with Crippen molar-refractivity contribution in [2.45, 2.75) is 26.3 Å². The molecule has 0 atom stereocenters. The van der Waals surface area contributed by atoms with E-state index < -0.39 is 0 Å². The van der Waals surface area contributed by atoms with Gasteiger partial charge in [-0.15, -0.1) is 0 Å². The quantitative estimate of drug-likeness (QED) is 0.574. The van der Waals surface area contributed by atoms with Gasteiger partial charge in [0.1, 0.15) is 5.75 Å². The predicted molar refractivity (Wildman–Crippen MR) is 112 cm³/mol. The van der Waals surface area contributed by atoms with Crippen LogP contribution in [-0.4, -0.2) is 53.6 Å². The lowest BCUT2D eigenvalue weighted by Crippen LogP contribution is -2.48. The summed E-state index contributed by atoms with van der Waals surface area (Å²) in [6.45, 7) is 6.46. The van der Waals surface area contributed by atoms with E-state index in [9.17, 15) is 4.79 Å². The number of benzene rings is 2. The molecule has 1 amide bonds. The molecule has 0 N–H and O–H groups in total. The molecule has 0 saturated carbocycles. The van der Waals surface area contributed by atoms with Crippen LogP contribution >= 0.6 is 0 Å². The smallest absolute Gasteiger partial charge is 0.222 e. The Morgan fingerprint density at radius 2 is 1.90 bits per heavy atom. The summed E-state index contributed by atoms with van der Waals surface area (Å²) in [7, 11) is 0. The number of ether oxygens (including phenoxy) is 1. The monoisotopic (exact) mass is 393 g/mol. The fourth-order valence-electron chi connectivity index (χ4n) is 3.75. The summed E-state index contributed by atoms with van der Waals surface area (Å²) in [6, 6.07) is 16.2. The standard InChI is InChI=1S/C23H27N3O3/c1-18-16-20(29-24-18)17-25-11-13-26(14-12-25)23(27)10-5-15-28-22-9-4-7-19-6-2-3-8-21(19)22/h2-4,6-9,16H,5,10-15,17H2,1H3. The number of carbonyl (C=O) groups is 1. The summed E-state index contributed by atoms with van der Waals surface area (Å²) in [5, 5.41) is 6.20. The molecule has 0 bridgehead atoms. The van der Waals surface area contributed by atoms with Gasteiger partial charge in [0.15, 0.2) is 5.76 Å². The van der Waals surface area contributed by atoms with E-state index in [0.717, 1.165) is 61.7 Å². The first-order valence-corrected chi connectivity index (χ1v) is 10.2. The first-order chi connectivity index (χ1) is 14.2. The Kier molecular flexibility index (Phi) is 6.10. The highest BCUT2D eigenvalue weighted by Gasteiger charge is 2.21. The van der Waals surface area contributed by atoms with Gasteiger partial charge in [0.2, 0.25) is 5.91 Å². The van der Waals surface area contributed by atoms with Crippen molar-refractivity contribution in [1.82, 2.24) is 15.0 Å². The van der Waals surface area contributed by atoms with Gasteiger partial charge < -0.3 is 14.2 Å². The van der Waals surface area contributed by atoms with Gasteiger partial charge >= 0.3 is 0 Å². The summed E-state index contributed by atoms with van der Waals surface area (Å²) in [5.41, 5.74) is 0.902. The highest BCUT2D eigenvalue weighted by atomic mass is 16.5. The van der Waals surface area contributed by atoms with Crippen LogP contribution in [0.3, 0.4) is 0 Å². The molecule has 0 unspecified atom stereocenters. The molecular weight excluding hydrogens is 366 g/mol. The second kappa shape index (κ2) is 9.09. The number of piperazine rings is 1. The molecule has 1 aromatic heterocycles. The van der Waals surface area contributed by atoms with Crippen LogP contribution in [0, 0.1) is 6.92 Å². The van der Waals surface area contributed by atoms with E-state index in [1.54, 1.807) is 0 Å². The van der Waals surface area contributed by atoms with E-state index >= 15 is 0 Å². The SMILES string of the molecule is Cc1cc(CN2CCN(C(=O)CCCOc3cccc4ccccc34)CC2)on1. The fraction of sp³-hybridized carbons (Fsp3) is 0.391. The van der Waals surface area contributed by atoms with Crippen LogP contribution in [0.2, 0.25) is 0 Å². The first-order valence-electron chi connectivity index (χ1n) is 10.2. The lowest BCUT2D eigenvalue weighted by atomic mass is 10.1. The molecule has 152 valence electrons. The van der Waals surface area contributed by atoms with Gasteiger partial charge in [-0.3, -0.25) is 9.69 Å². The van der Waals surface area contributed by atoms with Crippen molar-refractivity contribution in [3.8, 4) is 5.75 Å². The Morgan fingerprint density at radius 3 is 2.69 bits per heavy atom. The number of aryl methyl sites for hydroxylation is 1. The van der Waals surface area contributed by atoms with Crippen LogP contribution in [-0.2, 0) is 11.3 Å². The maximum Gasteiger partial charge on any atom is 0.222 e. The molecule has 1 fully saturated rings. The van der Waals surface area contributed by atoms with Crippen LogP contribution in [0.25, 0.3) is 10.8 Å². The van der Waals surface area contributed by atoms with Crippen LogP contribution in [0.15, 0.2) is 53.1 Å². The number of nitrogens with zero attached hydrogens (tertiary/aromatic N) is 3. The third-order valence-electron chi connectivity index (χ3n) is 5.32. The van der Waals surface area contributed by atoms with Crippen molar-refractivity contribution in [3.63, 3.8) is 0 Å². The largest absolute Gasteiger partial charge is 0.493 e. The minimum absolute atomic E-state index is 0.210. The zero-order valence-corrected chi connectivity index (χ0v) is 16.8. The van der Waals surface area contributed by atoms with Gasteiger partial charge in [-0.1, -0.05) is 41.6 Å².